The number of piperazine rings is 1. The number of urea groups is 2. The molecule has 6 heteroatoms. The van der Waals surface area contributed by atoms with E-state index in [1.54, 1.807) is 0 Å². The summed E-state index contributed by atoms with van der Waals surface area (Å²) >= 11 is 0. The van der Waals surface area contributed by atoms with Gasteiger partial charge in [0.1, 0.15) is 0 Å². The van der Waals surface area contributed by atoms with Crippen LogP contribution in [0.5, 0.6) is 0 Å². The molecule has 4 aliphatic rings. The van der Waals surface area contributed by atoms with E-state index in [1.165, 1.54) is 32.1 Å². The number of hydrogen-bond acceptors (Lipinski definition) is 2. The quantitative estimate of drug-likeness (QED) is 0.814. The molecule has 0 unspecified atom stereocenters. The van der Waals surface area contributed by atoms with Crippen LogP contribution in [0.2, 0.25) is 0 Å². The van der Waals surface area contributed by atoms with Crippen molar-refractivity contribution in [2.75, 3.05) is 32.7 Å². The van der Waals surface area contributed by atoms with Gasteiger partial charge in [0.15, 0.2) is 0 Å². The minimum Gasteiger partial charge on any atom is -0.337 e. The summed E-state index contributed by atoms with van der Waals surface area (Å²) < 4.78 is 0. The normalized spacial score (nSPS) is 30.5. The van der Waals surface area contributed by atoms with Gasteiger partial charge in [0.25, 0.3) is 0 Å². The fourth-order valence-corrected chi connectivity index (χ4v) is 4.21. The SMILES string of the molecule is O=C(NCC1(C2CC2)CCC1)N1CCN2C(=O)NC[C@@H]2C1. The van der Waals surface area contributed by atoms with E-state index in [2.05, 4.69) is 10.6 Å². The van der Waals surface area contributed by atoms with E-state index in [0.717, 1.165) is 12.5 Å². The topological polar surface area (TPSA) is 64.7 Å². The van der Waals surface area contributed by atoms with Crippen molar-refractivity contribution in [3.63, 3.8) is 0 Å². The molecule has 2 aliphatic carbocycles. The Labute approximate surface area is 125 Å². The minimum absolute atomic E-state index is 0.0159. The maximum atomic E-state index is 12.4. The van der Waals surface area contributed by atoms with Crippen LogP contribution in [-0.4, -0.2) is 60.6 Å². The van der Waals surface area contributed by atoms with Crippen LogP contribution in [0.15, 0.2) is 0 Å². The summed E-state index contributed by atoms with van der Waals surface area (Å²) in [4.78, 5) is 27.7. The smallest absolute Gasteiger partial charge is 0.317 e. The molecule has 116 valence electrons. The highest BCUT2D eigenvalue weighted by Crippen LogP contribution is 2.56. The van der Waals surface area contributed by atoms with Crippen LogP contribution in [-0.2, 0) is 0 Å². The maximum Gasteiger partial charge on any atom is 0.317 e. The van der Waals surface area contributed by atoms with Crippen molar-refractivity contribution in [3.8, 4) is 0 Å². The van der Waals surface area contributed by atoms with E-state index in [-0.39, 0.29) is 18.1 Å². The van der Waals surface area contributed by atoms with Crippen LogP contribution in [0.3, 0.4) is 0 Å². The second kappa shape index (κ2) is 4.78. The molecular formula is C15H24N4O2. The van der Waals surface area contributed by atoms with Crippen molar-refractivity contribution in [1.82, 2.24) is 20.4 Å². The second-order valence-electron chi connectivity index (χ2n) is 7.13. The lowest BCUT2D eigenvalue weighted by Crippen LogP contribution is -2.57. The van der Waals surface area contributed by atoms with Gasteiger partial charge in [-0.25, -0.2) is 9.59 Å². The van der Waals surface area contributed by atoms with Crippen LogP contribution in [0.1, 0.15) is 32.1 Å². The Morgan fingerprint density at radius 3 is 2.81 bits per heavy atom. The van der Waals surface area contributed by atoms with Crippen LogP contribution >= 0.6 is 0 Å². The van der Waals surface area contributed by atoms with Gasteiger partial charge < -0.3 is 20.4 Å². The lowest BCUT2D eigenvalue weighted by atomic mass is 9.65. The molecule has 0 spiro atoms. The zero-order valence-electron chi connectivity index (χ0n) is 12.4. The lowest BCUT2D eigenvalue weighted by molar-refractivity contribution is 0.0918. The van der Waals surface area contributed by atoms with Crippen molar-refractivity contribution < 1.29 is 9.59 Å². The third-order valence-electron chi connectivity index (χ3n) is 5.90. The van der Waals surface area contributed by atoms with Gasteiger partial charge in [-0.1, -0.05) is 6.42 Å². The molecule has 2 saturated carbocycles. The summed E-state index contributed by atoms with van der Waals surface area (Å²) in [5.74, 6) is 0.861. The number of hydrogen-bond donors (Lipinski definition) is 2. The Morgan fingerprint density at radius 1 is 1.33 bits per heavy atom. The summed E-state index contributed by atoms with van der Waals surface area (Å²) in [6.45, 7) is 3.46. The molecule has 2 aliphatic heterocycles. The minimum atomic E-state index is 0.0159. The average Bonchev–Trinajstić information content (AvgIpc) is 3.22. The number of amides is 4. The van der Waals surface area contributed by atoms with E-state index in [4.69, 9.17) is 0 Å². The summed E-state index contributed by atoms with van der Waals surface area (Å²) in [6.07, 6.45) is 6.59. The van der Waals surface area contributed by atoms with Crippen molar-refractivity contribution in [2.45, 2.75) is 38.1 Å². The third-order valence-corrected chi connectivity index (χ3v) is 5.90. The highest BCUT2D eigenvalue weighted by molar-refractivity contribution is 5.78. The Morgan fingerprint density at radius 2 is 2.14 bits per heavy atom. The first-order valence-electron chi connectivity index (χ1n) is 8.25. The van der Waals surface area contributed by atoms with Crippen molar-refractivity contribution in [2.24, 2.45) is 11.3 Å². The standard InChI is InChI=1S/C15H24N4O2/c20-13(17-10-15(4-1-5-15)11-2-3-11)18-6-7-19-12(9-18)8-16-14(19)21/h11-12H,1-10H2,(H,16,21)(H,17,20)/t12-/m1/s1. The highest BCUT2D eigenvalue weighted by Gasteiger charge is 2.49. The molecule has 0 aromatic carbocycles. The van der Waals surface area contributed by atoms with Crippen molar-refractivity contribution >= 4 is 12.1 Å². The molecule has 4 fully saturated rings. The third kappa shape index (κ3) is 2.24. The monoisotopic (exact) mass is 292 g/mol. The molecule has 6 nitrogen and oxygen atoms in total. The van der Waals surface area contributed by atoms with Gasteiger partial charge in [-0.15, -0.1) is 0 Å². The first-order valence-corrected chi connectivity index (χ1v) is 8.25. The Bertz CT molecular complexity index is 459. The van der Waals surface area contributed by atoms with Gasteiger partial charge in [-0.3, -0.25) is 0 Å². The van der Waals surface area contributed by atoms with E-state index < -0.39 is 0 Å². The molecule has 0 bridgehead atoms. The van der Waals surface area contributed by atoms with Gasteiger partial charge in [0.2, 0.25) is 0 Å². The fraction of sp³-hybridized carbons (Fsp3) is 0.867. The molecule has 1 atom stereocenters. The number of carbonyl (C=O) groups is 2. The molecule has 21 heavy (non-hydrogen) atoms. The number of nitrogens with zero attached hydrogens (tertiary/aromatic N) is 2. The number of rotatable bonds is 3. The van der Waals surface area contributed by atoms with E-state index in [9.17, 15) is 9.59 Å². The van der Waals surface area contributed by atoms with Gasteiger partial charge in [-0.05, 0) is 37.0 Å². The number of carbonyl (C=O) groups excluding carboxylic acids is 2. The Kier molecular flexibility index (Phi) is 3.01. The summed E-state index contributed by atoms with van der Waals surface area (Å²) in [5.41, 5.74) is 0.419. The number of fused-ring (bicyclic) bond motifs is 1. The van der Waals surface area contributed by atoms with E-state index in [0.29, 0.717) is 31.6 Å². The zero-order valence-corrected chi connectivity index (χ0v) is 12.4. The first-order chi connectivity index (χ1) is 10.2. The Balaban J connectivity index is 1.30. The molecular weight excluding hydrogens is 268 g/mol. The zero-order chi connectivity index (χ0) is 14.4. The molecule has 2 N–H and O–H groups in total. The molecule has 2 saturated heterocycles. The van der Waals surface area contributed by atoms with Gasteiger partial charge in [-0.2, -0.15) is 0 Å². The maximum absolute atomic E-state index is 12.4. The average molecular weight is 292 g/mol. The van der Waals surface area contributed by atoms with E-state index in [1.807, 2.05) is 9.80 Å². The van der Waals surface area contributed by atoms with Crippen LogP contribution in [0.4, 0.5) is 9.59 Å². The van der Waals surface area contributed by atoms with Crippen molar-refractivity contribution in [3.05, 3.63) is 0 Å². The Hall–Kier alpha value is -1.46. The molecule has 4 amide bonds. The summed E-state index contributed by atoms with van der Waals surface area (Å²) in [5, 5.41) is 6.02. The van der Waals surface area contributed by atoms with Crippen molar-refractivity contribution in [1.29, 1.82) is 0 Å². The number of nitrogens with one attached hydrogen (secondary N) is 2. The van der Waals surface area contributed by atoms with Gasteiger partial charge >= 0.3 is 12.1 Å². The first kappa shape index (κ1) is 13.2. The lowest BCUT2D eigenvalue weighted by Gasteiger charge is -2.43. The van der Waals surface area contributed by atoms with Crippen LogP contribution in [0, 0.1) is 11.3 Å². The highest BCUT2D eigenvalue weighted by atomic mass is 16.2. The van der Waals surface area contributed by atoms with E-state index >= 15 is 0 Å². The summed E-state index contributed by atoms with van der Waals surface area (Å²) in [6, 6.07) is 0.223. The molecule has 0 radical (unpaired) electrons. The van der Waals surface area contributed by atoms with Gasteiger partial charge in [0.05, 0.1) is 6.04 Å². The molecule has 0 aromatic rings. The molecule has 4 rings (SSSR count). The fourth-order valence-electron chi connectivity index (χ4n) is 4.21. The second-order valence-corrected chi connectivity index (χ2v) is 7.13. The predicted octanol–water partition coefficient (Wildman–Crippen LogP) is 0.986. The molecule has 0 aromatic heterocycles. The largest absolute Gasteiger partial charge is 0.337 e. The predicted molar refractivity (Wildman–Crippen MR) is 77.9 cm³/mol. The molecule has 2 heterocycles. The van der Waals surface area contributed by atoms with Crippen LogP contribution < -0.4 is 10.6 Å². The van der Waals surface area contributed by atoms with Crippen LogP contribution in [0.25, 0.3) is 0 Å². The van der Waals surface area contributed by atoms with Gasteiger partial charge in [0, 0.05) is 32.7 Å². The summed E-state index contributed by atoms with van der Waals surface area (Å²) in [7, 11) is 0.